The van der Waals surface area contributed by atoms with Crippen molar-refractivity contribution in [2.75, 3.05) is 11.3 Å². The van der Waals surface area contributed by atoms with Gasteiger partial charge in [-0.25, -0.2) is 8.42 Å². The van der Waals surface area contributed by atoms with Crippen molar-refractivity contribution in [3.8, 4) is 0 Å². The number of carbonyl (C=O) groups is 1. The molecule has 0 saturated carbocycles. The lowest BCUT2D eigenvalue weighted by Crippen LogP contribution is -2.28. The van der Waals surface area contributed by atoms with Crippen LogP contribution in [0.2, 0.25) is 0 Å². The summed E-state index contributed by atoms with van der Waals surface area (Å²) in [5, 5.41) is 2.95. The Balaban J connectivity index is 1.74. The van der Waals surface area contributed by atoms with E-state index in [9.17, 15) is 13.2 Å². The van der Waals surface area contributed by atoms with Gasteiger partial charge in [0.2, 0.25) is 0 Å². The van der Waals surface area contributed by atoms with Gasteiger partial charge in [0.15, 0.2) is 0 Å². The van der Waals surface area contributed by atoms with E-state index in [1.54, 1.807) is 49.4 Å². The number of sulfonamides is 1. The number of hydrogen-bond donors (Lipinski definition) is 2. The molecule has 0 aliphatic carbocycles. The van der Waals surface area contributed by atoms with E-state index in [1.807, 2.05) is 37.3 Å². The van der Waals surface area contributed by atoms with Gasteiger partial charge in [-0.1, -0.05) is 61.0 Å². The number of rotatable bonds is 7. The predicted octanol–water partition coefficient (Wildman–Crippen LogP) is 4.64. The molecule has 0 spiro atoms. The molecule has 2 N–H and O–H groups in total. The molecule has 3 aromatic carbocycles. The fourth-order valence-electron chi connectivity index (χ4n) is 3.15. The molecule has 1 atom stereocenters. The van der Waals surface area contributed by atoms with Gasteiger partial charge in [0.05, 0.1) is 10.6 Å². The van der Waals surface area contributed by atoms with Crippen LogP contribution in [0.4, 0.5) is 5.69 Å². The molecule has 0 aliphatic heterocycles. The highest BCUT2D eigenvalue weighted by Gasteiger charge is 2.18. The number of amides is 1. The third-order valence-electron chi connectivity index (χ3n) is 5.09. The summed E-state index contributed by atoms with van der Waals surface area (Å²) in [6, 6.07) is 21.6. The molecule has 3 aromatic rings. The SMILES string of the molecule is Cc1ccc(S(=O)(=O)Nc2cccc(C(=O)NCC(C)c3ccccc3)c2C)cc1. The highest BCUT2D eigenvalue weighted by atomic mass is 32.2. The number of benzene rings is 3. The van der Waals surface area contributed by atoms with Gasteiger partial charge in [-0.3, -0.25) is 9.52 Å². The Hall–Kier alpha value is -3.12. The molecule has 0 aromatic heterocycles. The van der Waals surface area contributed by atoms with Crippen molar-refractivity contribution in [3.63, 3.8) is 0 Å². The quantitative estimate of drug-likeness (QED) is 0.583. The third kappa shape index (κ3) is 5.07. The first kappa shape index (κ1) is 21.6. The summed E-state index contributed by atoms with van der Waals surface area (Å²) in [7, 11) is -3.74. The van der Waals surface area contributed by atoms with Gasteiger partial charge in [0, 0.05) is 12.1 Å². The second-order valence-corrected chi connectivity index (χ2v) is 9.10. The standard InChI is InChI=1S/C24H26N2O3S/c1-17-12-14-21(15-13-17)30(28,29)26-23-11-7-10-22(19(23)3)24(27)25-16-18(2)20-8-5-4-6-9-20/h4-15,18,26H,16H2,1-3H3,(H,25,27). The average molecular weight is 423 g/mol. The van der Waals surface area contributed by atoms with Crippen LogP contribution in [0.5, 0.6) is 0 Å². The molecule has 3 rings (SSSR count). The van der Waals surface area contributed by atoms with E-state index < -0.39 is 10.0 Å². The van der Waals surface area contributed by atoms with Crippen LogP contribution in [0.3, 0.4) is 0 Å². The van der Waals surface area contributed by atoms with Gasteiger partial charge in [0.25, 0.3) is 15.9 Å². The number of hydrogen-bond acceptors (Lipinski definition) is 3. The summed E-state index contributed by atoms with van der Waals surface area (Å²) < 4.78 is 28.0. The van der Waals surface area contributed by atoms with Crippen molar-refractivity contribution in [1.29, 1.82) is 0 Å². The van der Waals surface area contributed by atoms with Crippen LogP contribution >= 0.6 is 0 Å². The topological polar surface area (TPSA) is 75.3 Å². The molecular weight excluding hydrogens is 396 g/mol. The molecule has 30 heavy (non-hydrogen) atoms. The normalized spacial score (nSPS) is 12.2. The van der Waals surface area contributed by atoms with Crippen molar-refractivity contribution >= 4 is 21.6 Å². The Morgan fingerprint density at radius 1 is 0.900 bits per heavy atom. The highest BCUT2D eigenvalue weighted by Crippen LogP contribution is 2.23. The molecule has 6 heteroatoms. The fourth-order valence-corrected chi connectivity index (χ4v) is 4.28. The average Bonchev–Trinajstić information content (AvgIpc) is 2.74. The van der Waals surface area contributed by atoms with Crippen molar-refractivity contribution < 1.29 is 13.2 Å². The van der Waals surface area contributed by atoms with E-state index in [-0.39, 0.29) is 16.7 Å². The van der Waals surface area contributed by atoms with Crippen LogP contribution in [0.1, 0.15) is 39.9 Å². The van der Waals surface area contributed by atoms with Gasteiger partial charge < -0.3 is 5.32 Å². The van der Waals surface area contributed by atoms with E-state index >= 15 is 0 Å². The maximum Gasteiger partial charge on any atom is 0.261 e. The molecule has 0 saturated heterocycles. The van der Waals surface area contributed by atoms with E-state index in [0.717, 1.165) is 11.1 Å². The molecule has 0 radical (unpaired) electrons. The summed E-state index contributed by atoms with van der Waals surface area (Å²) in [6.45, 7) is 6.17. The lowest BCUT2D eigenvalue weighted by Gasteiger charge is -2.16. The molecule has 1 amide bonds. The summed E-state index contributed by atoms with van der Waals surface area (Å²) >= 11 is 0. The molecule has 0 heterocycles. The highest BCUT2D eigenvalue weighted by molar-refractivity contribution is 7.92. The lowest BCUT2D eigenvalue weighted by atomic mass is 10.0. The third-order valence-corrected chi connectivity index (χ3v) is 6.47. The van der Waals surface area contributed by atoms with Crippen molar-refractivity contribution in [2.45, 2.75) is 31.6 Å². The Morgan fingerprint density at radius 2 is 1.57 bits per heavy atom. The van der Waals surface area contributed by atoms with Gasteiger partial charge >= 0.3 is 0 Å². The van der Waals surface area contributed by atoms with Crippen LogP contribution in [-0.4, -0.2) is 20.9 Å². The zero-order chi connectivity index (χ0) is 21.7. The smallest absolute Gasteiger partial charge is 0.261 e. The first-order chi connectivity index (χ1) is 14.3. The Morgan fingerprint density at radius 3 is 2.23 bits per heavy atom. The predicted molar refractivity (Wildman–Crippen MR) is 120 cm³/mol. The lowest BCUT2D eigenvalue weighted by molar-refractivity contribution is 0.0951. The second kappa shape index (κ2) is 9.13. The zero-order valence-corrected chi connectivity index (χ0v) is 18.2. The first-order valence-electron chi connectivity index (χ1n) is 9.80. The largest absolute Gasteiger partial charge is 0.351 e. The molecule has 0 fully saturated rings. The molecule has 5 nitrogen and oxygen atoms in total. The number of anilines is 1. The summed E-state index contributed by atoms with van der Waals surface area (Å²) in [4.78, 5) is 12.9. The number of aryl methyl sites for hydroxylation is 1. The molecular formula is C24H26N2O3S. The van der Waals surface area contributed by atoms with Gasteiger partial charge in [-0.05, 0) is 55.2 Å². The summed E-state index contributed by atoms with van der Waals surface area (Å²) in [6.07, 6.45) is 0. The molecule has 1 unspecified atom stereocenters. The van der Waals surface area contributed by atoms with E-state index in [2.05, 4.69) is 17.0 Å². The summed E-state index contributed by atoms with van der Waals surface area (Å²) in [5.74, 6) is -0.0645. The van der Waals surface area contributed by atoms with Crippen molar-refractivity contribution in [1.82, 2.24) is 5.32 Å². The second-order valence-electron chi connectivity index (χ2n) is 7.42. The van der Waals surface area contributed by atoms with Gasteiger partial charge in [-0.2, -0.15) is 0 Å². The Bertz CT molecular complexity index is 1120. The van der Waals surface area contributed by atoms with Crippen LogP contribution < -0.4 is 10.0 Å². The number of carbonyl (C=O) groups excluding carboxylic acids is 1. The first-order valence-corrected chi connectivity index (χ1v) is 11.3. The number of nitrogens with one attached hydrogen (secondary N) is 2. The maximum atomic E-state index is 12.7. The molecule has 0 aliphatic rings. The van der Waals surface area contributed by atoms with Crippen molar-refractivity contribution in [2.24, 2.45) is 0 Å². The molecule has 156 valence electrons. The molecule has 0 bridgehead atoms. The fraction of sp³-hybridized carbons (Fsp3) is 0.208. The van der Waals surface area contributed by atoms with Crippen molar-refractivity contribution in [3.05, 3.63) is 95.1 Å². The Kier molecular flexibility index (Phi) is 6.57. The van der Waals surface area contributed by atoms with Crippen LogP contribution in [-0.2, 0) is 10.0 Å². The van der Waals surface area contributed by atoms with E-state index in [4.69, 9.17) is 0 Å². The van der Waals surface area contributed by atoms with Crippen LogP contribution in [0.25, 0.3) is 0 Å². The van der Waals surface area contributed by atoms with Gasteiger partial charge in [0.1, 0.15) is 0 Å². The van der Waals surface area contributed by atoms with Gasteiger partial charge in [-0.15, -0.1) is 0 Å². The van der Waals surface area contributed by atoms with Crippen LogP contribution in [0, 0.1) is 13.8 Å². The zero-order valence-electron chi connectivity index (χ0n) is 17.3. The van der Waals surface area contributed by atoms with E-state index in [1.165, 1.54) is 0 Å². The minimum absolute atomic E-state index is 0.165. The monoisotopic (exact) mass is 422 g/mol. The maximum absolute atomic E-state index is 12.7. The van der Waals surface area contributed by atoms with Crippen LogP contribution in [0.15, 0.2) is 77.7 Å². The van der Waals surface area contributed by atoms with E-state index in [0.29, 0.717) is 23.4 Å². The Labute approximate surface area is 178 Å². The summed E-state index contributed by atoms with van der Waals surface area (Å²) in [5.41, 5.74) is 3.54. The minimum Gasteiger partial charge on any atom is -0.351 e. The minimum atomic E-state index is -3.74.